The summed E-state index contributed by atoms with van der Waals surface area (Å²) in [6.07, 6.45) is 19.9. The fraction of sp³-hybridized carbons (Fsp3) is 0.938. The molecule has 0 N–H and O–H groups in total. The zero-order chi connectivity index (χ0) is 23.8. The van der Waals surface area contributed by atoms with Crippen molar-refractivity contribution in [2.24, 2.45) is 52.3 Å². The Morgan fingerprint density at radius 2 is 1.64 bits per heavy atom. The van der Waals surface area contributed by atoms with E-state index in [1.54, 1.807) is 5.57 Å². The molecule has 1 heteroatoms. The third-order valence-electron chi connectivity index (χ3n) is 11.3. The summed E-state index contributed by atoms with van der Waals surface area (Å²) in [6, 6.07) is 0. The van der Waals surface area contributed by atoms with Gasteiger partial charge < -0.3 is 4.74 Å². The summed E-state index contributed by atoms with van der Waals surface area (Å²) in [7, 11) is 0. The summed E-state index contributed by atoms with van der Waals surface area (Å²) in [5.74, 6) is 6.35. The third-order valence-corrected chi connectivity index (χ3v) is 11.3. The van der Waals surface area contributed by atoms with Crippen molar-refractivity contribution in [3.05, 3.63) is 11.6 Å². The molecule has 0 saturated heterocycles. The van der Waals surface area contributed by atoms with Crippen LogP contribution in [0.25, 0.3) is 0 Å². The minimum atomic E-state index is 0.461. The van der Waals surface area contributed by atoms with Gasteiger partial charge >= 0.3 is 0 Å². The lowest BCUT2D eigenvalue weighted by molar-refractivity contribution is -0.0644. The van der Waals surface area contributed by atoms with Crippen molar-refractivity contribution in [1.82, 2.24) is 0 Å². The van der Waals surface area contributed by atoms with Crippen molar-refractivity contribution in [3.8, 4) is 0 Å². The van der Waals surface area contributed by atoms with E-state index in [2.05, 4.69) is 54.5 Å². The molecule has 4 aliphatic carbocycles. The van der Waals surface area contributed by atoms with Crippen molar-refractivity contribution >= 4 is 0 Å². The van der Waals surface area contributed by atoms with Gasteiger partial charge in [0.2, 0.25) is 0 Å². The van der Waals surface area contributed by atoms with Crippen LogP contribution in [0.5, 0.6) is 0 Å². The predicted octanol–water partition coefficient (Wildman–Crippen LogP) is 9.46. The minimum Gasteiger partial charge on any atom is -0.378 e. The molecule has 8 atom stereocenters. The monoisotopic (exact) mass is 456 g/mol. The third kappa shape index (κ3) is 5.15. The topological polar surface area (TPSA) is 9.23 Å². The fourth-order valence-corrected chi connectivity index (χ4v) is 9.26. The first-order chi connectivity index (χ1) is 15.6. The van der Waals surface area contributed by atoms with Gasteiger partial charge in [-0.1, -0.05) is 79.4 Å². The van der Waals surface area contributed by atoms with Gasteiger partial charge in [0.15, 0.2) is 0 Å². The van der Waals surface area contributed by atoms with Crippen molar-refractivity contribution in [2.75, 3.05) is 6.61 Å². The second-order valence-electron chi connectivity index (χ2n) is 14.2. The summed E-state index contributed by atoms with van der Waals surface area (Å²) in [6.45, 7) is 18.3. The van der Waals surface area contributed by atoms with Crippen LogP contribution in [0.4, 0.5) is 0 Å². The summed E-state index contributed by atoms with van der Waals surface area (Å²) in [5, 5.41) is 0. The highest BCUT2D eigenvalue weighted by Crippen LogP contribution is 2.67. The zero-order valence-electron chi connectivity index (χ0n) is 23.3. The van der Waals surface area contributed by atoms with Gasteiger partial charge in [0.05, 0.1) is 6.10 Å². The van der Waals surface area contributed by atoms with Gasteiger partial charge in [0.25, 0.3) is 0 Å². The first kappa shape index (κ1) is 25.8. The molecule has 0 aromatic rings. The van der Waals surface area contributed by atoms with Crippen LogP contribution in [0, 0.1) is 52.3 Å². The Labute approximate surface area is 206 Å². The largest absolute Gasteiger partial charge is 0.378 e. The average Bonchev–Trinajstić information content (AvgIpc) is 3.10. The lowest BCUT2D eigenvalue weighted by Gasteiger charge is -2.58. The van der Waals surface area contributed by atoms with Crippen LogP contribution in [-0.2, 0) is 4.74 Å². The van der Waals surface area contributed by atoms with Gasteiger partial charge in [-0.15, -0.1) is 0 Å². The lowest BCUT2D eigenvalue weighted by atomic mass is 9.47. The van der Waals surface area contributed by atoms with Crippen LogP contribution < -0.4 is 0 Å². The molecule has 1 nitrogen and oxygen atoms in total. The van der Waals surface area contributed by atoms with Crippen LogP contribution >= 0.6 is 0 Å². The fourth-order valence-electron chi connectivity index (χ4n) is 9.26. The maximum Gasteiger partial charge on any atom is 0.0612 e. The molecule has 0 unspecified atom stereocenters. The Bertz CT molecular complexity index is 676. The molecule has 4 rings (SSSR count). The first-order valence-corrected chi connectivity index (χ1v) is 15.0. The van der Waals surface area contributed by atoms with E-state index in [-0.39, 0.29) is 0 Å². The molecule has 190 valence electrons. The second kappa shape index (κ2) is 10.4. The average molecular weight is 457 g/mol. The van der Waals surface area contributed by atoms with Gasteiger partial charge in [0.1, 0.15) is 0 Å². The molecular formula is C32H56O. The van der Waals surface area contributed by atoms with Crippen molar-refractivity contribution in [3.63, 3.8) is 0 Å². The molecule has 0 aliphatic heterocycles. The Morgan fingerprint density at radius 1 is 0.879 bits per heavy atom. The molecule has 4 aliphatic rings. The van der Waals surface area contributed by atoms with E-state index >= 15 is 0 Å². The molecular weight excluding hydrogens is 400 g/mol. The highest BCUT2D eigenvalue weighted by atomic mass is 16.5. The molecule has 3 fully saturated rings. The highest BCUT2D eigenvalue weighted by molar-refractivity contribution is 5.25. The second-order valence-corrected chi connectivity index (χ2v) is 14.2. The van der Waals surface area contributed by atoms with Crippen molar-refractivity contribution < 1.29 is 4.74 Å². The van der Waals surface area contributed by atoms with Crippen LogP contribution in [-0.4, -0.2) is 12.7 Å². The van der Waals surface area contributed by atoms with Gasteiger partial charge in [-0.05, 0) is 110 Å². The lowest BCUT2D eigenvalue weighted by Crippen LogP contribution is -2.51. The molecule has 0 aromatic carbocycles. The SMILES string of the molecule is CC(C)CCC[C@H](C)[C@@H]1CC[C@@H]2[C@H]3CC=C4C[C@@H](OCCC(C)C)CC[C@]4(C)[C@@H]3CC[C@@]21C. The van der Waals surface area contributed by atoms with E-state index in [0.717, 1.165) is 48.0 Å². The van der Waals surface area contributed by atoms with Crippen LogP contribution in [0.3, 0.4) is 0 Å². The molecule has 3 saturated carbocycles. The molecule has 0 spiro atoms. The van der Waals surface area contributed by atoms with E-state index < -0.39 is 0 Å². The number of hydrogen-bond acceptors (Lipinski definition) is 1. The van der Waals surface area contributed by atoms with E-state index in [9.17, 15) is 0 Å². The van der Waals surface area contributed by atoms with Crippen molar-refractivity contribution in [1.29, 1.82) is 0 Å². The smallest absolute Gasteiger partial charge is 0.0612 e. The Balaban J connectivity index is 1.41. The van der Waals surface area contributed by atoms with E-state index in [1.165, 1.54) is 77.0 Å². The van der Waals surface area contributed by atoms with Gasteiger partial charge in [-0.2, -0.15) is 0 Å². The number of allylic oxidation sites excluding steroid dienone is 1. The van der Waals surface area contributed by atoms with Gasteiger partial charge in [-0.3, -0.25) is 0 Å². The first-order valence-electron chi connectivity index (χ1n) is 15.0. The molecule has 33 heavy (non-hydrogen) atoms. The van der Waals surface area contributed by atoms with E-state index in [1.807, 2.05) is 0 Å². The number of rotatable bonds is 9. The number of hydrogen-bond donors (Lipinski definition) is 0. The standard InChI is InChI=1S/C32H56O/c1-22(2)9-8-10-24(5)28-13-14-29-27-12-11-25-21-26(33-20-17-23(3)4)15-18-31(25,6)30(27)16-19-32(28,29)7/h11,22-24,26-30H,8-10,12-21H2,1-7H3/t24-,26-,27+,28-,29+,30+,31-,32+/m0/s1. The van der Waals surface area contributed by atoms with Gasteiger partial charge in [0, 0.05) is 6.61 Å². The Kier molecular flexibility index (Phi) is 8.09. The highest BCUT2D eigenvalue weighted by Gasteiger charge is 2.59. The number of ether oxygens (including phenoxy) is 1. The molecule has 0 aromatic heterocycles. The Hall–Kier alpha value is -0.300. The van der Waals surface area contributed by atoms with Crippen LogP contribution in [0.2, 0.25) is 0 Å². The predicted molar refractivity (Wildman–Crippen MR) is 142 cm³/mol. The molecule has 0 heterocycles. The minimum absolute atomic E-state index is 0.461. The summed E-state index contributed by atoms with van der Waals surface area (Å²) in [4.78, 5) is 0. The summed E-state index contributed by atoms with van der Waals surface area (Å²) >= 11 is 0. The number of fused-ring (bicyclic) bond motifs is 5. The molecule has 0 bridgehead atoms. The normalized spacial score (nSPS) is 41.5. The maximum absolute atomic E-state index is 6.36. The van der Waals surface area contributed by atoms with E-state index in [0.29, 0.717) is 16.9 Å². The van der Waals surface area contributed by atoms with Crippen LogP contribution in [0.1, 0.15) is 126 Å². The Morgan fingerprint density at radius 3 is 2.36 bits per heavy atom. The van der Waals surface area contributed by atoms with Crippen LogP contribution in [0.15, 0.2) is 11.6 Å². The summed E-state index contributed by atoms with van der Waals surface area (Å²) in [5.41, 5.74) is 2.85. The van der Waals surface area contributed by atoms with E-state index in [4.69, 9.17) is 4.74 Å². The molecule has 0 amide bonds. The molecule has 0 radical (unpaired) electrons. The quantitative estimate of drug-likeness (QED) is 0.314. The van der Waals surface area contributed by atoms with Gasteiger partial charge in [-0.25, -0.2) is 0 Å². The summed E-state index contributed by atoms with van der Waals surface area (Å²) < 4.78 is 6.36. The van der Waals surface area contributed by atoms with Crippen molar-refractivity contribution in [2.45, 2.75) is 132 Å². The zero-order valence-corrected chi connectivity index (χ0v) is 23.3. The maximum atomic E-state index is 6.36.